The number of rotatable bonds is 4. The van der Waals surface area contributed by atoms with E-state index in [0.29, 0.717) is 0 Å². The second kappa shape index (κ2) is 5.82. The average molecular weight is 286 g/mol. The molecule has 1 amide bonds. The van der Waals surface area contributed by atoms with Gasteiger partial charge in [0.05, 0.1) is 11.5 Å². The predicted molar refractivity (Wildman–Crippen MR) is 64.9 cm³/mol. The van der Waals surface area contributed by atoms with Gasteiger partial charge >= 0.3 is 6.36 Å². The number of nitrogens with zero attached hydrogens (tertiary/aromatic N) is 1. The molecule has 1 aromatic carbocycles. The first-order valence-electron chi connectivity index (χ1n) is 5.68. The van der Waals surface area contributed by atoms with Gasteiger partial charge in [0.2, 0.25) is 0 Å². The van der Waals surface area contributed by atoms with Gasteiger partial charge in [0.25, 0.3) is 5.91 Å². The molecule has 0 bridgehead atoms. The highest BCUT2D eigenvalue weighted by Crippen LogP contribution is 2.22. The number of ether oxygens (including phenoxy) is 1. The van der Waals surface area contributed by atoms with E-state index in [0.717, 1.165) is 12.1 Å². The Morgan fingerprint density at radius 3 is 2.30 bits per heavy atom. The number of nitriles is 1. The summed E-state index contributed by atoms with van der Waals surface area (Å²) in [6.45, 7) is 3.46. The highest BCUT2D eigenvalue weighted by Gasteiger charge is 2.31. The summed E-state index contributed by atoms with van der Waals surface area (Å²) in [6, 6.07) is 6.57. The summed E-state index contributed by atoms with van der Waals surface area (Å²) in [4.78, 5) is 11.7. The van der Waals surface area contributed by atoms with Gasteiger partial charge in [-0.3, -0.25) is 4.79 Å². The summed E-state index contributed by atoms with van der Waals surface area (Å²) in [7, 11) is 0. The first kappa shape index (κ1) is 15.8. The summed E-state index contributed by atoms with van der Waals surface area (Å²) in [5, 5.41) is 11.3. The topological polar surface area (TPSA) is 62.1 Å². The molecule has 0 atom stereocenters. The van der Waals surface area contributed by atoms with E-state index in [1.807, 2.05) is 6.07 Å². The molecular formula is C13H13F3N2O2. The number of halogens is 3. The minimum absolute atomic E-state index is 0.142. The van der Waals surface area contributed by atoms with Gasteiger partial charge in [-0.1, -0.05) is 0 Å². The monoisotopic (exact) mass is 286 g/mol. The van der Waals surface area contributed by atoms with Crippen molar-refractivity contribution in [2.75, 3.05) is 6.54 Å². The minimum atomic E-state index is -4.76. The molecule has 1 aromatic rings. The van der Waals surface area contributed by atoms with Crippen LogP contribution >= 0.6 is 0 Å². The second-order valence-corrected chi connectivity index (χ2v) is 4.75. The molecule has 0 radical (unpaired) electrons. The van der Waals surface area contributed by atoms with Crippen molar-refractivity contribution in [1.29, 1.82) is 5.26 Å². The maximum Gasteiger partial charge on any atom is 0.573 e. The lowest BCUT2D eigenvalue weighted by Crippen LogP contribution is -2.33. The molecule has 0 fully saturated rings. The molecule has 4 nitrogen and oxygen atoms in total. The highest BCUT2D eigenvalue weighted by molar-refractivity contribution is 5.94. The van der Waals surface area contributed by atoms with Crippen LogP contribution in [0.4, 0.5) is 13.2 Å². The third kappa shape index (κ3) is 5.18. The molecule has 0 spiro atoms. The number of nitrogens with one attached hydrogen (secondary N) is 1. The van der Waals surface area contributed by atoms with Crippen LogP contribution in [0.2, 0.25) is 0 Å². The van der Waals surface area contributed by atoms with E-state index in [9.17, 15) is 18.0 Å². The normalized spacial score (nSPS) is 11.6. The van der Waals surface area contributed by atoms with Crippen LogP contribution < -0.4 is 10.1 Å². The molecular weight excluding hydrogens is 273 g/mol. The summed E-state index contributed by atoms with van der Waals surface area (Å²) >= 11 is 0. The van der Waals surface area contributed by atoms with Crippen LogP contribution in [-0.2, 0) is 0 Å². The number of alkyl halides is 3. The van der Waals surface area contributed by atoms with Gasteiger partial charge in [0.15, 0.2) is 0 Å². The quantitative estimate of drug-likeness (QED) is 0.925. The summed E-state index contributed by atoms with van der Waals surface area (Å²) in [5.41, 5.74) is -0.525. The summed E-state index contributed by atoms with van der Waals surface area (Å²) < 4.78 is 39.6. The first-order chi connectivity index (χ1) is 9.13. The Bertz CT molecular complexity index is 516. The Kier molecular flexibility index (Phi) is 4.61. The SMILES string of the molecule is CC(C)(C#N)CNC(=O)c1ccc(OC(F)(F)F)cc1. The fraction of sp³-hybridized carbons (Fsp3) is 0.385. The van der Waals surface area contributed by atoms with Crippen molar-refractivity contribution in [3.05, 3.63) is 29.8 Å². The zero-order chi connectivity index (χ0) is 15.4. The molecule has 0 aliphatic carbocycles. The Hall–Kier alpha value is -2.23. The second-order valence-electron chi connectivity index (χ2n) is 4.75. The third-order valence-corrected chi connectivity index (χ3v) is 2.34. The van der Waals surface area contributed by atoms with Crippen molar-refractivity contribution in [3.8, 4) is 11.8 Å². The predicted octanol–water partition coefficient (Wildman–Crippen LogP) is 2.86. The number of amides is 1. The molecule has 1 rings (SSSR count). The van der Waals surface area contributed by atoms with E-state index in [-0.39, 0.29) is 12.1 Å². The largest absolute Gasteiger partial charge is 0.573 e. The molecule has 1 N–H and O–H groups in total. The number of hydrogen-bond donors (Lipinski definition) is 1. The van der Waals surface area contributed by atoms with Crippen LogP contribution in [0, 0.1) is 16.7 Å². The number of carbonyl (C=O) groups is 1. The standard InChI is InChI=1S/C13H13F3N2O2/c1-12(2,7-17)8-18-11(19)9-3-5-10(6-4-9)20-13(14,15)16/h3-6H,8H2,1-2H3,(H,18,19). The Balaban J connectivity index is 2.65. The Morgan fingerprint density at radius 2 is 1.85 bits per heavy atom. The van der Waals surface area contributed by atoms with E-state index in [1.54, 1.807) is 13.8 Å². The van der Waals surface area contributed by atoms with Gasteiger partial charge in [0, 0.05) is 12.1 Å². The zero-order valence-electron chi connectivity index (χ0n) is 10.9. The lowest BCUT2D eigenvalue weighted by molar-refractivity contribution is -0.274. The van der Waals surface area contributed by atoms with Crippen LogP contribution in [0.5, 0.6) is 5.75 Å². The van der Waals surface area contributed by atoms with Gasteiger partial charge < -0.3 is 10.1 Å². The van der Waals surface area contributed by atoms with Gasteiger partial charge in [-0.25, -0.2) is 0 Å². The van der Waals surface area contributed by atoms with E-state index in [2.05, 4.69) is 10.1 Å². The first-order valence-corrected chi connectivity index (χ1v) is 5.68. The Labute approximate surface area is 114 Å². The van der Waals surface area contributed by atoms with Gasteiger partial charge in [-0.05, 0) is 38.1 Å². The fourth-order valence-corrected chi connectivity index (χ4v) is 1.25. The average Bonchev–Trinajstić information content (AvgIpc) is 2.35. The van der Waals surface area contributed by atoms with Gasteiger partial charge in [-0.15, -0.1) is 13.2 Å². The van der Waals surface area contributed by atoms with Crippen molar-refractivity contribution in [3.63, 3.8) is 0 Å². The van der Waals surface area contributed by atoms with Crippen LogP contribution in [0.1, 0.15) is 24.2 Å². The van der Waals surface area contributed by atoms with Crippen LogP contribution in [0.15, 0.2) is 24.3 Å². The third-order valence-electron chi connectivity index (χ3n) is 2.34. The molecule has 0 saturated heterocycles. The minimum Gasteiger partial charge on any atom is -0.406 e. The van der Waals surface area contributed by atoms with Crippen LogP contribution in [0.3, 0.4) is 0 Å². The number of carbonyl (C=O) groups excluding carboxylic acids is 1. The Morgan fingerprint density at radius 1 is 1.30 bits per heavy atom. The molecule has 108 valence electrons. The van der Waals surface area contributed by atoms with E-state index < -0.39 is 23.4 Å². The molecule has 0 heterocycles. The molecule has 0 aromatic heterocycles. The molecule has 0 aliphatic heterocycles. The van der Waals surface area contributed by atoms with Crippen molar-refractivity contribution >= 4 is 5.91 Å². The van der Waals surface area contributed by atoms with Crippen molar-refractivity contribution in [2.45, 2.75) is 20.2 Å². The molecule has 0 aliphatic rings. The van der Waals surface area contributed by atoms with Gasteiger partial charge in [0.1, 0.15) is 5.75 Å². The molecule has 20 heavy (non-hydrogen) atoms. The highest BCUT2D eigenvalue weighted by atomic mass is 19.4. The van der Waals surface area contributed by atoms with E-state index in [1.165, 1.54) is 12.1 Å². The van der Waals surface area contributed by atoms with Crippen LogP contribution in [0.25, 0.3) is 0 Å². The lowest BCUT2D eigenvalue weighted by atomic mass is 9.96. The fourth-order valence-electron chi connectivity index (χ4n) is 1.25. The number of benzene rings is 1. The lowest BCUT2D eigenvalue weighted by Gasteiger charge is -2.16. The van der Waals surface area contributed by atoms with Crippen molar-refractivity contribution in [1.82, 2.24) is 5.32 Å². The maximum absolute atomic E-state index is 12.0. The molecule has 0 saturated carbocycles. The zero-order valence-corrected chi connectivity index (χ0v) is 10.9. The van der Waals surface area contributed by atoms with E-state index >= 15 is 0 Å². The van der Waals surface area contributed by atoms with Gasteiger partial charge in [-0.2, -0.15) is 5.26 Å². The van der Waals surface area contributed by atoms with Crippen LogP contribution in [-0.4, -0.2) is 18.8 Å². The van der Waals surface area contributed by atoms with E-state index in [4.69, 9.17) is 5.26 Å². The number of hydrogen-bond acceptors (Lipinski definition) is 3. The summed E-state index contributed by atoms with van der Waals surface area (Å²) in [6.07, 6.45) is -4.76. The summed E-state index contributed by atoms with van der Waals surface area (Å²) in [5.74, 6) is -0.863. The van der Waals surface area contributed by atoms with Crippen molar-refractivity contribution in [2.24, 2.45) is 5.41 Å². The van der Waals surface area contributed by atoms with Crippen molar-refractivity contribution < 1.29 is 22.7 Å². The molecule has 0 unspecified atom stereocenters. The molecule has 7 heteroatoms. The maximum atomic E-state index is 12.0. The smallest absolute Gasteiger partial charge is 0.406 e.